The highest BCUT2D eigenvalue weighted by Crippen LogP contribution is 1.95. The zero-order valence-electron chi connectivity index (χ0n) is 7.53. The first-order valence-corrected chi connectivity index (χ1v) is 3.95. The third-order valence-corrected chi connectivity index (χ3v) is 1.49. The van der Waals surface area contributed by atoms with Gasteiger partial charge in [-0.05, 0) is 12.8 Å². The van der Waals surface area contributed by atoms with Gasteiger partial charge in [-0.2, -0.15) is 0 Å². The van der Waals surface area contributed by atoms with Gasteiger partial charge in [-0.25, -0.2) is 4.79 Å². The second kappa shape index (κ2) is 6.24. The highest BCUT2D eigenvalue weighted by molar-refractivity contribution is 5.77. The summed E-state index contributed by atoms with van der Waals surface area (Å²) in [4.78, 5) is 13.8. The quantitative estimate of drug-likeness (QED) is 0.245. The Labute approximate surface area is 76.5 Å². The standard InChI is InChI=1S/C7H15N3O3/c1-9-7(8)10-4-2-3-5(11)6(12)13/h5,11H,2-4H2,1H3,(H,12,13)(H3,8,9,10). The predicted octanol–water partition coefficient (Wildman–Crippen LogP) is -1.25. The van der Waals surface area contributed by atoms with Gasteiger partial charge < -0.3 is 21.3 Å². The van der Waals surface area contributed by atoms with Gasteiger partial charge in [-0.1, -0.05) is 0 Å². The van der Waals surface area contributed by atoms with Gasteiger partial charge in [-0.3, -0.25) is 4.99 Å². The molecule has 0 aliphatic heterocycles. The minimum atomic E-state index is -1.29. The van der Waals surface area contributed by atoms with Crippen LogP contribution in [0.3, 0.4) is 0 Å². The van der Waals surface area contributed by atoms with Crippen LogP contribution in [-0.2, 0) is 4.79 Å². The second-order valence-electron chi connectivity index (χ2n) is 2.53. The average molecular weight is 189 g/mol. The maximum atomic E-state index is 10.2. The maximum absolute atomic E-state index is 10.2. The fourth-order valence-electron chi connectivity index (χ4n) is 0.714. The van der Waals surface area contributed by atoms with E-state index in [0.717, 1.165) is 0 Å². The van der Waals surface area contributed by atoms with E-state index < -0.39 is 12.1 Å². The Kier molecular flexibility index (Phi) is 5.62. The maximum Gasteiger partial charge on any atom is 0.332 e. The Hall–Kier alpha value is -1.30. The van der Waals surface area contributed by atoms with E-state index >= 15 is 0 Å². The van der Waals surface area contributed by atoms with E-state index in [2.05, 4.69) is 10.3 Å². The Morgan fingerprint density at radius 2 is 2.31 bits per heavy atom. The number of aliphatic imine (C=N–C) groups is 1. The summed E-state index contributed by atoms with van der Waals surface area (Å²) in [5, 5.41) is 19.9. The number of rotatable bonds is 5. The lowest BCUT2D eigenvalue weighted by atomic mass is 10.2. The van der Waals surface area contributed by atoms with Gasteiger partial charge in [0, 0.05) is 13.6 Å². The smallest absolute Gasteiger partial charge is 0.332 e. The van der Waals surface area contributed by atoms with Gasteiger partial charge in [0.15, 0.2) is 12.1 Å². The number of aliphatic carboxylic acids is 1. The number of hydrogen-bond donors (Lipinski definition) is 4. The van der Waals surface area contributed by atoms with Gasteiger partial charge in [0.25, 0.3) is 0 Å². The highest BCUT2D eigenvalue weighted by atomic mass is 16.4. The number of carboxylic acid groups (broad SMARTS) is 1. The average Bonchev–Trinajstić information content (AvgIpc) is 2.11. The predicted molar refractivity (Wildman–Crippen MR) is 48.4 cm³/mol. The van der Waals surface area contributed by atoms with Crippen LogP contribution >= 0.6 is 0 Å². The molecule has 0 amide bonds. The molecule has 1 atom stereocenters. The van der Waals surface area contributed by atoms with E-state index in [9.17, 15) is 4.79 Å². The van der Waals surface area contributed by atoms with Crippen molar-refractivity contribution < 1.29 is 15.0 Å². The Balaban J connectivity index is 3.41. The lowest BCUT2D eigenvalue weighted by Crippen LogP contribution is -2.32. The molecule has 0 aromatic carbocycles. The minimum Gasteiger partial charge on any atom is -0.479 e. The van der Waals surface area contributed by atoms with Crippen molar-refractivity contribution in [2.45, 2.75) is 18.9 Å². The van der Waals surface area contributed by atoms with Crippen molar-refractivity contribution in [3.63, 3.8) is 0 Å². The molecule has 0 heterocycles. The van der Waals surface area contributed by atoms with Crippen LogP contribution in [0.4, 0.5) is 0 Å². The Morgan fingerprint density at radius 1 is 1.69 bits per heavy atom. The van der Waals surface area contributed by atoms with Crippen LogP contribution in [0.15, 0.2) is 4.99 Å². The number of nitrogens with two attached hydrogens (primary N) is 1. The summed E-state index contributed by atoms with van der Waals surface area (Å²) in [6.07, 6.45) is -0.551. The van der Waals surface area contributed by atoms with Crippen LogP contribution in [-0.4, -0.2) is 41.8 Å². The van der Waals surface area contributed by atoms with E-state index in [4.69, 9.17) is 15.9 Å². The summed E-state index contributed by atoms with van der Waals surface area (Å²) in [7, 11) is 1.55. The van der Waals surface area contributed by atoms with Gasteiger partial charge in [0.05, 0.1) is 0 Å². The Morgan fingerprint density at radius 3 is 2.77 bits per heavy atom. The summed E-state index contributed by atoms with van der Waals surface area (Å²) in [5.74, 6) is -0.887. The molecule has 0 radical (unpaired) electrons. The van der Waals surface area contributed by atoms with Crippen LogP contribution in [0, 0.1) is 0 Å². The van der Waals surface area contributed by atoms with Crippen molar-refractivity contribution >= 4 is 11.9 Å². The zero-order chi connectivity index (χ0) is 10.3. The summed E-state index contributed by atoms with van der Waals surface area (Å²) in [6.45, 7) is 0.507. The summed E-state index contributed by atoms with van der Waals surface area (Å²) in [5.41, 5.74) is 5.31. The molecule has 1 unspecified atom stereocenters. The summed E-state index contributed by atoms with van der Waals surface area (Å²) >= 11 is 0. The van der Waals surface area contributed by atoms with Crippen molar-refractivity contribution in [2.24, 2.45) is 10.7 Å². The largest absolute Gasteiger partial charge is 0.479 e. The minimum absolute atomic E-state index is 0.208. The first kappa shape index (κ1) is 11.7. The summed E-state index contributed by atoms with van der Waals surface area (Å²) in [6, 6.07) is 0. The third kappa shape index (κ3) is 5.92. The van der Waals surface area contributed by atoms with Crippen molar-refractivity contribution in [2.75, 3.05) is 13.6 Å². The highest BCUT2D eigenvalue weighted by Gasteiger charge is 2.11. The van der Waals surface area contributed by atoms with E-state index in [1.165, 1.54) is 0 Å². The molecule has 0 aromatic heterocycles. The van der Waals surface area contributed by atoms with Crippen LogP contribution in [0.2, 0.25) is 0 Å². The second-order valence-corrected chi connectivity index (χ2v) is 2.53. The van der Waals surface area contributed by atoms with Crippen LogP contribution < -0.4 is 11.1 Å². The van der Waals surface area contributed by atoms with Gasteiger partial charge in [0.2, 0.25) is 0 Å². The molecule has 0 bridgehead atoms. The van der Waals surface area contributed by atoms with Gasteiger partial charge in [-0.15, -0.1) is 0 Å². The number of aliphatic hydroxyl groups is 1. The molecular weight excluding hydrogens is 174 g/mol. The normalized spacial score (nSPS) is 13.8. The van der Waals surface area contributed by atoms with Crippen LogP contribution in [0.1, 0.15) is 12.8 Å². The molecule has 6 nitrogen and oxygen atoms in total. The van der Waals surface area contributed by atoms with Crippen molar-refractivity contribution in [1.29, 1.82) is 0 Å². The number of carbonyl (C=O) groups is 1. The molecule has 0 rings (SSSR count). The lowest BCUT2D eigenvalue weighted by Gasteiger charge is -2.06. The number of nitrogens with zero attached hydrogens (tertiary/aromatic N) is 1. The molecule has 0 aliphatic rings. The van der Waals surface area contributed by atoms with Crippen molar-refractivity contribution in [3.05, 3.63) is 0 Å². The molecule has 0 aliphatic carbocycles. The van der Waals surface area contributed by atoms with Gasteiger partial charge in [0.1, 0.15) is 0 Å². The molecular formula is C7H15N3O3. The fourth-order valence-corrected chi connectivity index (χ4v) is 0.714. The molecule has 76 valence electrons. The topological polar surface area (TPSA) is 108 Å². The SMILES string of the molecule is CN=C(N)NCCCC(O)C(=O)O. The number of aliphatic hydroxyl groups excluding tert-OH is 1. The first-order valence-electron chi connectivity index (χ1n) is 3.95. The molecule has 5 N–H and O–H groups in total. The van der Waals surface area contributed by atoms with E-state index in [1.54, 1.807) is 7.05 Å². The number of carboxylic acids is 1. The lowest BCUT2D eigenvalue weighted by molar-refractivity contribution is -0.146. The van der Waals surface area contributed by atoms with E-state index in [-0.39, 0.29) is 6.42 Å². The molecule has 6 heteroatoms. The molecule has 0 saturated heterocycles. The molecule has 0 spiro atoms. The van der Waals surface area contributed by atoms with Gasteiger partial charge >= 0.3 is 5.97 Å². The van der Waals surface area contributed by atoms with Crippen molar-refractivity contribution in [3.8, 4) is 0 Å². The van der Waals surface area contributed by atoms with Crippen LogP contribution in [0.25, 0.3) is 0 Å². The zero-order valence-corrected chi connectivity index (χ0v) is 7.53. The third-order valence-electron chi connectivity index (χ3n) is 1.49. The Bertz CT molecular complexity index is 193. The summed E-state index contributed by atoms with van der Waals surface area (Å²) < 4.78 is 0. The number of nitrogens with one attached hydrogen (secondary N) is 1. The van der Waals surface area contributed by atoms with Crippen LogP contribution in [0.5, 0.6) is 0 Å². The van der Waals surface area contributed by atoms with E-state index in [1.807, 2.05) is 0 Å². The fraction of sp³-hybridized carbons (Fsp3) is 0.714. The molecule has 13 heavy (non-hydrogen) atoms. The van der Waals surface area contributed by atoms with Crippen molar-refractivity contribution in [1.82, 2.24) is 5.32 Å². The molecule has 0 fully saturated rings. The molecule has 0 aromatic rings. The number of hydrogen-bond acceptors (Lipinski definition) is 3. The first-order chi connectivity index (χ1) is 6.07. The monoisotopic (exact) mass is 189 g/mol. The van der Waals surface area contributed by atoms with E-state index in [0.29, 0.717) is 18.9 Å². The molecule has 0 saturated carbocycles. The number of guanidine groups is 1.